The van der Waals surface area contributed by atoms with Gasteiger partial charge in [-0.1, -0.05) is 13.8 Å². The van der Waals surface area contributed by atoms with Crippen LogP contribution in [0.4, 0.5) is 0 Å². The quantitative estimate of drug-likeness (QED) is 0.912. The van der Waals surface area contributed by atoms with Crippen molar-refractivity contribution in [1.29, 1.82) is 0 Å². The van der Waals surface area contributed by atoms with E-state index in [0.717, 1.165) is 30.3 Å². The molecule has 0 saturated carbocycles. The number of nitrogens with zero attached hydrogens (tertiary/aromatic N) is 3. The Morgan fingerprint density at radius 3 is 2.83 bits per heavy atom. The predicted octanol–water partition coefficient (Wildman–Crippen LogP) is 3.24. The van der Waals surface area contributed by atoms with Gasteiger partial charge in [-0.15, -0.1) is 11.3 Å². The first-order valence-electron chi connectivity index (χ1n) is 8.27. The molecule has 0 amide bonds. The van der Waals surface area contributed by atoms with Crippen molar-refractivity contribution in [3.8, 4) is 0 Å². The van der Waals surface area contributed by atoms with Gasteiger partial charge in [0.2, 0.25) is 0 Å². The van der Waals surface area contributed by atoms with Crippen LogP contribution in [-0.4, -0.2) is 27.4 Å². The Balaban J connectivity index is 1.69. The van der Waals surface area contributed by atoms with Crippen LogP contribution in [0.15, 0.2) is 6.20 Å². The molecule has 0 unspecified atom stereocenters. The van der Waals surface area contributed by atoms with Crippen molar-refractivity contribution in [1.82, 2.24) is 20.1 Å². The van der Waals surface area contributed by atoms with Gasteiger partial charge in [-0.25, -0.2) is 4.98 Å². The number of rotatable bonds is 5. The topological polar surface area (TPSA) is 52.0 Å². The van der Waals surface area contributed by atoms with E-state index in [-0.39, 0.29) is 6.10 Å². The van der Waals surface area contributed by atoms with Gasteiger partial charge in [0.1, 0.15) is 11.1 Å². The van der Waals surface area contributed by atoms with E-state index in [9.17, 15) is 0 Å². The first-order valence-corrected chi connectivity index (χ1v) is 9.08. The van der Waals surface area contributed by atoms with Gasteiger partial charge in [-0.2, -0.15) is 5.10 Å². The number of aromatic nitrogens is 3. The molecular weight excluding hydrogens is 308 g/mol. The van der Waals surface area contributed by atoms with Crippen LogP contribution in [0.25, 0.3) is 0 Å². The van der Waals surface area contributed by atoms with Crippen molar-refractivity contribution in [2.24, 2.45) is 7.05 Å². The molecule has 3 heterocycles. The summed E-state index contributed by atoms with van der Waals surface area (Å²) < 4.78 is 7.97. The van der Waals surface area contributed by atoms with Crippen molar-refractivity contribution in [3.05, 3.63) is 33.0 Å². The molecule has 0 spiro atoms. The third-order valence-electron chi connectivity index (χ3n) is 4.60. The number of aryl methyl sites for hydroxylation is 2. The summed E-state index contributed by atoms with van der Waals surface area (Å²) in [6.07, 6.45) is 3.12. The molecule has 0 aromatic carbocycles. The molecule has 23 heavy (non-hydrogen) atoms. The van der Waals surface area contributed by atoms with Crippen LogP contribution in [0.3, 0.4) is 0 Å². The Bertz CT molecular complexity index is 676. The zero-order valence-corrected chi connectivity index (χ0v) is 15.4. The van der Waals surface area contributed by atoms with Crippen molar-refractivity contribution < 1.29 is 4.74 Å². The van der Waals surface area contributed by atoms with Crippen LogP contribution in [0, 0.1) is 13.8 Å². The summed E-state index contributed by atoms with van der Waals surface area (Å²) >= 11 is 1.80. The molecule has 0 radical (unpaired) electrons. The van der Waals surface area contributed by atoms with Crippen molar-refractivity contribution in [3.63, 3.8) is 0 Å². The van der Waals surface area contributed by atoms with Crippen molar-refractivity contribution >= 4 is 11.3 Å². The van der Waals surface area contributed by atoms with Gasteiger partial charge >= 0.3 is 0 Å². The molecular formula is C17H26N4OS. The van der Waals surface area contributed by atoms with Gasteiger partial charge in [0, 0.05) is 48.6 Å². The maximum absolute atomic E-state index is 6.03. The molecule has 2 atom stereocenters. The predicted molar refractivity (Wildman–Crippen MR) is 92.8 cm³/mol. The third-order valence-corrected chi connectivity index (χ3v) is 5.90. The van der Waals surface area contributed by atoms with Gasteiger partial charge < -0.3 is 10.1 Å². The molecule has 5 nitrogen and oxygen atoms in total. The maximum Gasteiger partial charge on any atom is 0.107 e. The number of hydrogen-bond donors (Lipinski definition) is 1. The normalized spacial score (nSPS) is 21.5. The summed E-state index contributed by atoms with van der Waals surface area (Å²) in [6.45, 7) is 10.2. The van der Waals surface area contributed by atoms with Crippen LogP contribution >= 0.6 is 11.3 Å². The van der Waals surface area contributed by atoms with E-state index < -0.39 is 0 Å². The maximum atomic E-state index is 6.03. The molecule has 3 rings (SSSR count). The van der Waals surface area contributed by atoms with Crippen LogP contribution in [0.5, 0.6) is 0 Å². The van der Waals surface area contributed by atoms with Crippen molar-refractivity contribution in [2.45, 2.75) is 58.7 Å². The van der Waals surface area contributed by atoms with E-state index in [1.165, 1.54) is 16.1 Å². The minimum absolute atomic E-state index is 0.0910. The summed E-state index contributed by atoms with van der Waals surface area (Å²) in [5.74, 6) is 0.546. The zero-order chi connectivity index (χ0) is 16.6. The lowest BCUT2D eigenvalue weighted by atomic mass is 10.0. The molecule has 126 valence electrons. The van der Waals surface area contributed by atoms with Gasteiger partial charge in [0.05, 0.1) is 5.69 Å². The van der Waals surface area contributed by atoms with E-state index in [0.29, 0.717) is 12.0 Å². The Hall–Kier alpha value is -1.24. The SMILES string of the molecule is Cc1nn(C)c(C)c1[C@H]1OCC[C@@H]1NCc1ncc(C(C)C)s1. The van der Waals surface area contributed by atoms with E-state index in [4.69, 9.17) is 4.74 Å². The average Bonchev–Trinajstić information content (AvgIpc) is 3.18. The van der Waals surface area contributed by atoms with Crippen molar-refractivity contribution in [2.75, 3.05) is 6.61 Å². The highest BCUT2D eigenvalue weighted by Gasteiger charge is 2.33. The lowest BCUT2D eigenvalue weighted by Crippen LogP contribution is -2.31. The second kappa shape index (κ2) is 6.71. The molecule has 6 heteroatoms. The van der Waals surface area contributed by atoms with Crippen LogP contribution in [0.1, 0.15) is 59.1 Å². The summed E-state index contributed by atoms with van der Waals surface area (Å²) in [5.41, 5.74) is 3.50. The van der Waals surface area contributed by atoms with Crippen LogP contribution in [0.2, 0.25) is 0 Å². The molecule has 1 saturated heterocycles. The van der Waals surface area contributed by atoms with E-state index in [2.05, 4.69) is 43.1 Å². The number of thiazole rings is 1. The monoisotopic (exact) mass is 334 g/mol. The van der Waals surface area contributed by atoms with Gasteiger partial charge in [-0.05, 0) is 26.2 Å². The standard InChI is InChI=1S/C17H26N4OS/c1-10(2)14-8-19-15(23-14)9-18-13-6-7-22-17(13)16-11(3)20-21(5)12(16)4/h8,10,13,17-18H,6-7,9H2,1-5H3/t13-,17-/m0/s1. The zero-order valence-electron chi connectivity index (χ0n) is 14.6. The Morgan fingerprint density at radius 2 is 2.22 bits per heavy atom. The summed E-state index contributed by atoms with van der Waals surface area (Å²) in [6, 6.07) is 0.322. The highest BCUT2D eigenvalue weighted by atomic mass is 32.1. The Morgan fingerprint density at radius 1 is 1.43 bits per heavy atom. The second-order valence-electron chi connectivity index (χ2n) is 6.59. The van der Waals surface area contributed by atoms with Crippen LogP contribution < -0.4 is 5.32 Å². The van der Waals surface area contributed by atoms with E-state index in [1.54, 1.807) is 11.3 Å². The first kappa shape index (κ1) is 16.6. The first-order chi connectivity index (χ1) is 11.0. The molecule has 0 aliphatic carbocycles. The lowest BCUT2D eigenvalue weighted by Gasteiger charge is -2.20. The van der Waals surface area contributed by atoms with Crippen LogP contribution in [-0.2, 0) is 18.3 Å². The molecule has 1 N–H and O–H groups in total. The fourth-order valence-electron chi connectivity index (χ4n) is 3.18. The molecule has 2 aromatic rings. The van der Waals surface area contributed by atoms with Gasteiger partial charge in [-0.3, -0.25) is 4.68 Å². The molecule has 1 aliphatic heterocycles. The number of ether oxygens (including phenoxy) is 1. The summed E-state index contributed by atoms with van der Waals surface area (Å²) in [4.78, 5) is 5.88. The number of hydrogen-bond acceptors (Lipinski definition) is 5. The largest absolute Gasteiger partial charge is 0.372 e. The minimum atomic E-state index is 0.0910. The molecule has 0 bridgehead atoms. The Labute approximate surface area is 142 Å². The fraction of sp³-hybridized carbons (Fsp3) is 0.647. The average molecular weight is 334 g/mol. The van der Waals surface area contributed by atoms with Gasteiger partial charge in [0.15, 0.2) is 0 Å². The Kier molecular flexibility index (Phi) is 4.85. The molecule has 2 aromatic heterocycles. The second-order valence-corrected chi connectivity index (χ2v) is 7.73. The fourth-order valence-corrected chi connectivity index (χ4v) is 4.05. The molecule has 1 aliphatic rings. The highest BCUT2D eigenvalue weighted by Crippen LogP contribution is 2.33. The number of nitrogens with one attached hydrogen (secondary N) is 1. The summed E-state index contributed by atoms with van der Waals surface area (Å²) in [5, 5.41) is 9.33. The third kappa shape index (κ3) is 3.34. The van der Waals surface area contributed by atoms with E-state index in [1.807, 2.05) is 17.9 Å². The lowest BCUT2D eigenvalue weighted by molar-refractivity contribution is 0.0974. The van der Waals surface area contributed by atoms with E-state index >= 15 is 0 Å². The van der Waals surface area contributed by atoms with Gasteiger partial charge in [0.25, 0.3) is 0 Å². The molecule has 1 fully saturated rings. The highest BCUT2D eigenvalue weighted by molar-refractivity contribution is 7.11. The minimum Gasteiger partial charge on any atom is -0.372 e. The summed E-state index contributed by atoms with van der Waals surface area (Å²) in [7, 11) is 1.99. The smallest absolute Gasteiger partial charge is 0.107 e.